The van der Waals surface area contributed by atoms with Gasteiger partial charge >= 0.3 is 0 Å². The number of aliphatic hydroxyl groups excluding tert-OH is 1. The molecule has 0 saturated carbocycles. The fourth-order valence-corrected chi connectivity index (χ4v) is 1.73. The first-order valence-corrected chi connectivity index (χ1v) is 5.47. The van der Waals surface area contributed by atoms with E-state index in [0.29, 0.717) is 5.02 Å². The van der Waals surface area contributed by atoms with Crippen LogP contribution in [0.15, 0.2) is 18.2 Å². The van der Waals surface area contributed by atoms with Gasteiger partial charge in [0, 0.05) is 10.0 Å². The first kappa shape index (κ1) is 11.8. The summed E-state index contributed by atoms with van der Waals surface area (Å²) in [7, 11) is 0. The summed E-state index contributed by atoms with van der Waals surface area (Å²) in [6.45, 7) is 1.79. The molecule has 78 valence electrons. The lowest BCUT2D eigenvalue weighted by atomic mass is 10.1. The van der Waals surface area contributed by atoms with Crippen LogP contribution in [0.5, 0.6) is 0 Å². The molecule has 0 radical (unpaired) electrons. The van der Waals surface area contributed by atoms with Gasteiger partial charge in [-0.3, -0.25) is 0 Å². The van der Waals surface area contributed by atoms with E-state index in [0.717, 1.165) is 29.8 Å². The van der Waals surface area contributed by atoms with Gasteiger partial charge in [-0.1, -0.05) is 23.2 Å². The van der Waals surface area contributed by atoms with Crippen molar-refractivity contribution in [3.8, 4) is 0 Å². The monoisotopic (exact) mass is 232 g/mol. The van der Waals surface area contributed by atoms with Crippen LogP contribution in [0.2, 0.25) is 10.0 Å². The van der Waals surface area contributed by atoms with Crippen LogP contribution in [0.3, 0.4) is 0 Å². The maximum atomic E-state index is 9.10. The summed E-state index contributed by atoms with van der Waals surface area (Å²) >= 11 is 11.8. The van der Waals surface area contributed by atoms with Gasteiger partial charge in [-0.05, 0) is 49.9 Å². The average molecular weight is 233 g/mol. The maximum Gasteiger partial charge on any atom is 0.0512 e. The Morgan fingerprint density at radius 3 is 2.71 bits per heavy atom. The van der Waals surface area contributed by atoms with Crippen molar-refractivity contribution in [1.29, 1.82) is 0 Å². The fraction of sp³-hybridized carbons (Fsp3) is 0.455. The Labute approximate surface area is 94.7 Å². The average Bonchev–Trinajstić information content (AvgIpc) is 2.10. The highest BCUT2D eigenvalue weighted by Gasteiger charge is 2.02. The zero-order valence-corrected chi connectivity index (χ0v) is 9.65. The van der Waals surface area contributed by atoms with E-state index < -0.39 is 0 Å². The van der Waals surface area contributed by atoms with Crippen LogP contribution >= 0.6 is 23.2 Å². The first-order valence-electron chi connectivity index (χ1n) is 4.71. The zero-order valence-electron chi connectivity index (χ0n) is 8.13. The summed E-state index contributed by atoms with van der Waals surface area (Å²) in [6, 6.07) is 5.47. The predicted octanol–water partition coefficient (Wildman–Crippen LogP) is 3.70. The number of benzene rings is 1. The molecule has 0 aliphatic heterocycles. The molecule has 0 fully saturated rings. The van der Waals surface area contributed by atoms with Crippen molar-refractivity contribution in [2.24, 2.45) is 0 Å². The first-order chi connectivity index (χ1) is 6.59. The Morgan fingerprint density at radius 1 is 1.36 bits per heavy atom. The molecule has 0 aliphatic carbocycles. The molecule has 1 atom stereocenters. The van der Waals surface area contributed by atoms with Gasteiger partial charge in [0.25, 0.3) is 0 Å². The number of hydrogen-bond donors (Lipinski definition) is 1. The lowest BCUT2D eigenvalue weighted by Crippen LogP contribution is -2.00. The maximum absolute atomic E-state index is 9.10. The summed E-state index contributed by atoms with van der Waals surface area (Å²) in [5.74, 6) is 0. The predicted molar refractivity (Wildman–Crippen MR) is 61.1 cm³/mol. The minimum atomic E-state index is -0.243. The van der Waals surface area contributed by atoms with Crippen LogP contribution in [0.4, 0.5) is 0 Å². The van der Waals surface area contributed by atoms with Crippen LogP contribution in [-0.4, -0.2) is 11.2 Å². The highest BCUT2D eigenvalue weighted by atomic mass is 35.5. The van der Waals surface area contributed by atoms with Crippen LogP contribution in [0.25, 0.3) is 0 Å². The highest BCUT2D eigenvalue weighted by Crippen LogP contribution is 2.22. The third-order valence-electron chi connectivity index (χ3n) is 2.08. The largest absolute Gasteiger partial charge is 0.393 e. The van der Waals surface area contributed by atoms with E-state index in [-0.39, 0.29) is 6.10 Å². The van der Waals surface area contributed by atoms with Gasteiger partial charge in [0.2, 0.25) is 0 Å². The Hall–Kier alpha value is -0.240. The molecule has 0 heterocycles. The second-order valence-electron chi connectivity index (χ2n) is 3.48. The summed E-state index contributed by atoms with van der Waals surface area (Å²) in [6.07, 6.45) is 2.35. The number of rotatable bonds is 4. The summed E-state index contributed by atoms with van der Waals surface area (Å²) in [5, 5.41) is 10.6. The standard InChI is InChI=1S/C11H14Cl2O/c1-8(14)3-2-4-9-7-10(12)5-6-11(9)13/h5-8,14H,2-4H2,1H3. The van der Waals surface area contributed by atoms with Gasteiger partial charge in [0.15, 0.2) is 0 Å². The Kier molecular flexibility index (Phi) is 4.73. The summed E-state index contributed by atoms with van der Waals surface area (Å²) in [4.78, 5) is 0. The third kappa shape index (κ3) is 3.87. The number of hydrogen-bond acceptors (Lipinski definition) is 1. The minimum absolute atomic E-state index is 0.243. The van der Waals surface area contributed by atoms with Gasteiger partial charge in [-0.25, -0.2) is 0 Å². The molecule has 0 spiro atoms. The van der Waals surface area contributed by atoms with Crippen LogP contribution in [0.1, 0.15) is 25.3 Å². The molecule has 1 aromatic carbocycles. The molecule has 0 bridgehead atoms. The minimum Gasteiger partial charge on any atom is -0.393 e. The highest BCUT2D eigenvalue weighted by molar-refractivity contribution is 6.33. The van der Waals surface area contributed by atoms with Crippen molar-refractivity contribution in [2.45, 2.75) is 32.3 Å². The lowest BCUT2D eigenvalue weighted by Gasteiger charge is -2.06. The molecule has 1 N–H and O–H groups in total. The zero-order chi connectivity index (χ0) is 10.6. The number of halogens is 2. The molecular formula is C11H14Cl2O. The smallest absolute Gasteiger partial charge is 0.0512 e. The quantitative estimate of drug-likeness (QED) is 0.840. The van der Waals surface area contributed by atoms with E-state index >= 15 is 0 Å². The summed E-state index contributed by atoms with van der Waals surface area (Å²) in [5.41, 5.74) is 1.06. The van der Waals surface area contributed by atoms with Gasteiger partial charge in [-0.15, -0.1) is 0 Å². The number of aliphatic hydroxyl groups is 1. The normalized spacial score (nSPS) is 12.9. The van der Waals surface area contributed by atoms with E-state index in [9.17, 15) is 0 Å². The van der Waals surface area contributed by atoms with Crippen molar-refractivity contribution in [2.75, 3.05) is 0 Å². The van der Waals surface area contributed by atoms with Gasteiger partial charge in [0.1, 0.15) is 0 Å². The van der Waals surface area contributed by atoms with Crippen molar-refractivity contribution in [1.82, 2.24) is 0 Å². The Balaban J connectivity index is 2.53. The van der Waals surface area contributed by atoms with E-state index in [4.69, 9.17) is 28.3 Å². The molecule has 1 unspecified atom stereocenters. The SMILES string of the molecule is CC(O)CCCc1cc(Cl)ccc1Cl. The molecule has 0 aromatic heterocycles. The van der Waals surface area contributed by atoms with E-state index in [1.54, 1.807) is 13.0 Å². The molecule has 14 heavy (non-hydrogen) atoms. The van der Waals surface area contributed by atoms with E-state index in [1.165, 1.54) is 0 Å². The van der Waals surface area contributed by atoms with E-state index in [2.05, 4.69) is 0 Å². The van der Waals surface area contributed by atoms with Gasteiger partial charge < -0.3 is 5.11 Å². The third-order valence-corrected chi connectivity index (χ3v) is 2.68. The molecular weight excluding hydrogens is 219 g/mol. The molecule has 1 nitrogen and oxygen atoms in total. The second-order valence-corrected chi connectivity index (χ2v) is 4.32. The van der Waals surface area contributed by atoms with Crippen molar-refractivity contribution in [3.63, 3.8) is 0 Å². The molecule has 0 amide bonds. The van der Waals surface area contributed by atoms with Crippen LogP contribution in [0, 0.1) is 0 Å². The molecule has 1 rings (SSSR count). The van der Waals surface area contributed by atoms with Crippen molar-refractivity contribution < 1.29 is 5.11 Å². The van der Waals surface area contributed by atoms with Gasteiger partial charge in [-0.2, -0.15) is 0 Å². The molecule has 0 saturated heterocycles. The fourth-order valence-electron chi connectivity index (χ4n) is 1.32. The van der Waals surface area contributed by atoms with Gasteiger partial charge in [0.05, 0.1) is 6.10 Å². The van der Waals surface area contributed by atoms with Crippen LogP contribution in [-0.2, 0) is 6.42 Å². The topological polar surface area (TPSA) is 20.2 Å². The Morgan fingerprint density at radius 2 is 2.07 bits per heavy atom. The Bertz CT molecular complexity index is 297. The molecule has 3 heteroatoms. The van der Waals surface area contributed by atoms with Crippen molar-refractivity contribution >= 4 is 23.2 Å². The molecule has 1 aromatic rings. The summed E-state index contributed by atoms with van der Waals surface area (Å²) < 4.78 is 0. The lowest BCUT2D eigenvalue weighted by molar-refractivity contribution is 0.182. The van der Waals surface area contributed by atoms with E-state index in [1.807, 2.05) is 12.1 Å². The number of aryl methyl sites for hydroxylation is 1. The van der Waals surface area contributed by atoms with Crippen molar-refractivity contribution in [3.05, 3.63) is 33.8 Å². The second kappa shape index (κ2) is 5.59. The molecule has 0 aliphatic rings. The van der Waals surface area contributed by atoms with Crippen LogP contribution < -0.4 is 0 Å².